The Kier molecular flexibility index (Phi) is 3.85. The summed E-state index contributed by atoms with van der Waals surface area (Å²) in [5.74, 6) is -3.34. The van der Waals surface area contributed by atoms with Crippen molar-refractivity contribution in [2.24, 2.45) is 0 Å². The van der Waals surface area contributed by atoms with Gasteiger partial charge in [0.1, 0.15) is 0 Å². The Morgan fingerprint density at radius 2 is 2.00 bits per heavy atom. The van der Waals surface area contributed by atoms with Crippen molar-refractivity contribution >= 4 is 45.0 Å². The van der Waals surface area contributed by atoms with Gasteiger partial charge in [-0.1, -0.05) is 23.2 Å². The van der Waals surface area contributed by atoms with Gasteiger partial charge in [-0.3, -0.25) is 4.79 Å². The van der Waals surface area contributed by atoms with E-state index < -0.39 is 18.4 Å². The molecule has 1 amide bonds. The Labute approximate surface area is 121 Å². The fourth-order valence-electron chi connectivity index (χ4n) is 1.77. The first-order valence-corrected chi connectivity index (χ1v) is 6.67. The number of hydrogen-bond acceptors (Lipinski definition) is 1. The van der Waals surface area contributed by atoms with Crippen LogP contribution in [0.4, 0.5) is 8.78 Å². The van der Waals surface area contributed by atoms with Crippen LogP contribution in [-0.2, 0) is 0 Å². The van der Waals surface area contributed by atoms with E-state index >= 15 is 0 Å². The van der Waals surface area contributed by atoms with Gasteiger partial charge in [0.25, 0.3) is 11.8 Å². The molecule has 0 atom stereocenters. The van der Waals surface area contributed by atoms with E-state index in [1.807, 2.05) is 0 Å². The Morgan fingerprint density at radius 1 is 1.33 bits per heavy atom. The van der Waals surface area contributed by atoms with Gasteiger partial charge in [0, 0.05) is 17.4 Å². The zero-order valence-electron chi connectivity index (χ0n) is 9.02. The summed E-state index contributed by atoms with van der Waals surface area (Å²) in [6.07, 6.45) is -0.319. The zero-order valence-corrected chi connectivity index (χ0v) is 12.1. The Balaban J connectivity index is 2.27. The molecule has 0 aromatic heterocycles. The molecule has 1 aliphatic rings. The molecule has 0 saturated carbocycles. The minimum absolute atomic E-state index is 0.0237. The standard InChI is InChI=1S/C11H8BrCl2F2NO/c12-7-4-8(13)6(3-9(7)14)10(18)17-2-1-11(15,16)5-17/h3-4H,1-2,5H2. The van der Waals surface area contributed by atoms with Gasteiger partial charge in [-0.15, -0.1) is 0 Å². The van der Waals surface area contributed by atoms with Crippen molar-refractivity contribution in [3.05, 3.63) is 32.2 Å². The topological polar surface area (TPSA) is 20.3 Å². The van der Waals surface area contributed by atoms with Crippen molar-refractivity contribution < 1.29 is 13.6 Å². The summed E-state index contributed by atoms with van der Waals surface area (Å²) in [5, 5.41) is 0.500. The lowest BCUT2D eigenvalue weighted by molar-refractivity contribution is 0.0120. The summed E-state index contributed by atoms with van der Waals surface area (Å²) in [6, 6.07) is 2.86. The van der Waals surface area contributed by atoms with Crippen molar-refractivity contribution in [2.75, 3.05) is 13.1 Å². The van der Waals surface area contributed by atoms with Crippen molar-refractivity contribution in [3.63, 3.8) is 0 Å². The van der Waals surface area contributed by atoms with Gasteiger partial charge in [-0.2, -0.15) is 0 Å². The Morgan fingerprint density at radius 3 is 2.56 bits per heavy atom. The molecule has 2 rings (SSSR count). The summed E-state index contributed by atoms with van der Waals surface area (Å²) in [6.45, 7) is -0.550. The van der Waals surface area contributed by atoms with Crippen LogP contribution in [0, 0.1) is 0 Å². The van der Waals surface area contributed by atoms with Crippen molar-refractivity contribution in [2.45, 2.75) is 12.3 Å². The molecule has 0 spiro atoms. The van der Waals surface area contributed by atoms with Gasteiger partial charge in [0.2, 0.25) is 0 Å². The van der Waals surface area contributed by atoms with Crippen LogP contribution in [0.5, 0.6) is 0 Å². The quantitative estimate of drug-likeness (QED) is 0.687. The van der Waals surface area contributed by atoms with Crippen LogP contribution < -0.4 is 0 Å². The second-order valence-corrected chi connectivity index (χ2v) is 5.75. The molecule has 1 saturated heterocycles. The van der Waals surface area contributed by atoms with Crippen LogP contribution in [-0.4, -0.2) is 29.8 Å². The monoisotopic (exact) mass is 357 g/mol. The molecule has 0 unspecified atom stereocenters. The number of carbonyl (C=O) groups is 1. The van der Waals surface area contributed by atoms with Gasteiger partial charge >= 0.3 is 0 Å². The van der Waals surface area contributed by atoms with E-state index in [1.165, 1.54) is 12.1 Å². The largest absolute Gasteiger partial charge is 0.332 e. The van der Waals surface area contributed by atoms with Crippen molar-refractivity contribution in [1.29, 1.82) is 0 Å². The fourth-order valence-corrected chi connectivity index (χ4v) is 2.65. The molecule has 0 N–H and O–H groups in total. The smallest absolute Gasteiger partial charge is 0.267 e. The molecule has 1 heterocycles. The maximum absolute atomic E-state index is 13.1. The van der Waals surface area contributed by atoms with Crippen molar-refractivity contribution in [3.8, 4) is 0 Å². The molecule has 1 fully saturated rings. The maximum atomic E-state index is 13.1. The lowest BCUT2D eigenvalue weighted by atomic mass is 10.2. The summed E-state index contributed by atoms with van der Waals surface area (Å²) in [4.78, 5) is 13.1. The van der Waals surface area contributed by atoms with Gasteiger partial charge in [0.05, 0.1) is 22.2 Å². The highest BCUT2D eigenvalue weighted by Crippen LogP contribution is 2.32. The third kappa shape index (κ3) is 2.78. The van der Waals surface area contributed by atoms with E-state index in [1.54, 1.807) is 0 Å². The molecule has 18 heavy (non-hydrogen) atoms. The zero-order chi connectivity index (χ0) is 13.5. The lowest BCUT2D eigenvalue weighted by Gasteiger charge is -2.17. The summed E-state index contributed by atoms with van der Waals surface area (Å²) < 4.78 is 26.7. The third-order valence-electron chi connectivity index (χ3n) is 2.70. The number of nitrogens with zero attached hydrogens (tertiary/aromatic N) is 1. The van der Waals surface area contributed by atoms with Gasteiger partial charge in [-0.05, 0) is 28.1 Å². The summed E-state index contributed by atoms with van der Waals surface area (Å²) in [5.41, 5.74) is 0.141. The molecule has 0 radical (unpaired) electrons. The van der Waals surface area contributed by atoms with Crippen LogP contribution in [0.2, 0.25) is 10.0 Å². The van der Waals surface area contributed by atoms with E-state index in [-0.39, 0.29) is 23.6 Å². The molecule has 1 aromatic carbocycles. The molecular weight excluding hydrogens is 351 g/mol. The number of hydrogen-bond donors (Lipinski definition) is 0. The Bertz CT molecular complexity index is 510. The average molecular weight is 359 g/mol. The van der Waals surface area contributed by atoms with Crippen LogP contribution in [0.25, 0.3) is 0 Å². The number of benzene rings is 1. The first-order valence-electron chi connectivity index (χ1n) is 5.12. The minimum atomic E-state index is -2.82. The molecule has 0 aliphatic carbocycles. The SMILES string of the molecule is O=C(c1cc(Cl)c(Br)cc1Cl)N1CCC(F)(F)C1. The highest BCUT2D eigenvalue weighted by molar-refractivity contribution is 9.10. The average Bonchev–Trinajstić information content (AvgIpc) is 2.63. The molecule has 98 valence electrons. The van der Waals surface area contributed by atoms with Gasteiger partial charge in [-0.25, -0.2) is 8.78 Å². The maximum Gasteiger partial charge on any atom is 0.267 e. The van der Waals surface area contributed by atoms with Crippen LogP contribution >= 0.6 is 39.1 Å². The van der Waals surface area contributed by atoms with E-state index in [9.17, 15) is 13.6 Å². The van der Waals surface area contributed by atoms with Gasteiger partial charge < -0.3 is 4.90 Å². The highest BCUT2D eigenvalue weighted by Gasteiger charge is 2.40. The highest BCUT2D eigenvalue weighted by atomic mass is 79.9. The molecule has 0 bridgehead atoms. The number of carbonyl (C=O) groups excluding carboxylic acids is 1. The number of rotatable bonds is 1. The second kappa shape index (κ2) is 4.94. The predicted octanol–water partition coefficient (Wildman–Crippen LogP) is 4.24. The molecule has 1 aliphatic heterocycles. The van der Waals surface area contributed by atoms with Crippen LogP contribution in [0.3, 0.4) is 0 Å². The van der Waals surface area contributed by atoms with Gasteiger partial charge in [0.15, 0.2) is 0 Å². The lowest BCUT2D eigenvalue weighted by Crippen LogP contribution is -2.31. The predicted molar refractivity (Wildman–Crippen MR) is 69.6 cm³/mol. The summed E-state index contributed by atoms with van der Waals surface area (Å²) in [7, 11) is 0. The Hall–Kier alpha value is -0.390. The molecule has 2 nitrogen and oxygen atoms in total. The molecule has 1 aromatic rings. The van der Waals surface area contributed by atoms with E-state index in [4.69, 9.17) is 23.2 Å². The normalized spacial score (nSPS) is 18.2. The third-order valence-corrected chi connectivity index (χ3v) is 4.21. The van der Waals surface area contributed by atoms with Crippen LogP contribution in [0.15, 0.2) is 16.6 Å². The van der Waals surface area contributed by atoms with E-state index in [0.717, 1.165) is 4.90 Å². The van der Waals surface area contributed by atoms with Crippen LogP contribution in [0.1, 0.15) is 16.8 Å². The van der Waals surface area contributed by atoms with E-state index in [0.29, 0.717) is 9.50 Å². The molecular formula is C11H8BrCl2F2NO. The second-order valence-electron chi connectivity index (χ2n) is 4.08. The summed E-state index contributed by atoms with van der Waals surface area (Å²) >= 11 is 15.0. The first-order chi connectivity index (χ1) is 8.30. The number of alkyl halides is 2. The fraction of sp³-hybridized carbons (Fsp3) is 0.364. The van der Waals surface area contributed by atoms with E-state index in [2.05, 4.69) is 15.9 Å². The minimum Gasteiger partial charge on any atom is -0.332 e. The molecule has 7 heteroatoms. The van der Waals surface area contributed by atoms with Crippen molar-refractivity contribution in [1.82, 2.24) is 4.90 Å². The number of amides is 1. The first kappa shape index (κ1) is 14.0. The number of likely N-dealkylation sites (tertiary alicyclic amines) is 1. The number of halogens is 5.